The molecule has 1 aromatic carbocycles. The van der Waals surface area contributed by atoms with Gasteiger partial charge in [0, 0.05) is 42.3 Å². The summed E-state index contributed by atoms with van der Waals surface area (Å²) in [5, 5.41) is 20.7. The second-order valence-electron chi connectivity index (χ2n) is 5.49. The molecule has 2 unspecified atom stereocenters. The summed E-state index contributed by atoms with van der Waals surface area (Å²) in [7, 11) is 1.48. The molecule has 1 aromatic heterocycles. The SMILES string of the molecule is COC1CC(C(=O)O)N(C(=O)c2cc3cc([N+](=O)[O-])ccc3s2)C1. The summed E-state index contributed by atoms with van der Waals surface area (Å²) in [6.07, 6.45) is -0.0703. The van der Waals surface area contributed by atoms with Crippen LogP contribution in [0.25, 0.3) is 10.1 Å². The lowest BCUT2D eigenvalue weighted by Crippen LogP contribution is -2.40. The molecule has 126 valence electrons. The predicted molar refractivity (Wildman–Crippen MR) is 86.4 cm³/mol. The third-order valence-electron chi connectivity index (χ3n) is 4.06. The highest BCUT2D eigenvalue weighted by Gasteiger charge is 2.40. The average molecular weight is 350 g/mol. The van der Waals surface area contributed by atoms with Crippen LogP contribution in [0.15, 0.2) is 24.3 Å². The number of thiophene rings is 1. The zero-order chi connectivity index (χ0) is 17.4. The van der Waals surface area contributed by atoms with Gasteiger partial charge in [-0.25, -0.2) is 4.79 Å². The number of nitrogens with zero attached hydrogens (tertiary/aromatic N) is 2. The lowest BCUT2D eigenvalue weighted by Gasteiger charge is -2.20. The van der Waals surface area contributed by atoms with Crippen molar-refractivity contribution >= 4 is 39.0 Å². The number of carbonyl (C=O) groups excluding carboxylic acids is 1. The van der Waals surface area contributed by atoms with Crippen molar-refractivity contribution in [1.82, 2.24) is 4.90 Å². The van der Waals surface area contributed by atoms with E-state index in [1.807, 2.05) is 0 Å². The number of rotatable bonds is 4. The number of benzene rings is 1. The Bertz CT molecular complexity index is 832. The number of hydrogen-bond acceptors (Lipinski definition) is 6. The molecular weight excluding hydrogens is 336 g/mol. The van der Waals surface area contributed by atoms with Gasteiger partial charge in [0.1, 0.15) is 6.04 Å². The highest BCUT2D eigenvalue weighted by atomic mass is 32.1. The Hall–Kier alpha value is -2.52. The summed E-state index contributed by atoms with van der Waals surface area (Å²) in [4.78, 5) is 36.1. The Kier molecular flexibility index (Phi) is 4.20. The first-order valence-corrected chi connectivity index (χ1v) is 7.97. The van der Waals surface area contributed by atoms with Crippen molar-refractivity contribution in [3.8, 4) is 0 Å². The molecule has 3 rings (SSSR count). The Morgan fingerprint density at radius 2 is 2.17 bits per heavy atom. The van der Waals surface area contributed by atoms with E-state index < -0.39 is 22.8 Å². The third-order valence-corrected chi connectivity index (χ3v) is 5.17. The van der Waals surface area contributed by atoms with Gasteiger partial charge in [-0.3, -0.25) is 14.9 Å². The van der Waals surface area contributed by atoms with E-state index in [0.29, 0.717) is 10.3 Å². The van der Waals surface area contributed by atoms with Gasteiger partial charge in [-0.2, -0.15) is 0 Å². The number of ether oxygens (including phenoxy) is 1. The van der Waals surface area contributed by atoms with Crippen LogP contribution in [-0.2, 0) is 9.53 Å². The fraction of sp³-hybridized carbons (Fsp3) is 0.333. The molecule has 0 bridgehead atoms. The van der Waals surface area contributed by atoms with Crippen molar-refractivity contribution < 1.29 is 24.4 Å². The monoisotopic (exact) mass is 350 g/mol. The van der Waals surface area contributed by atoms with Crippen LogP contribution in [-0.4, -0.2) is 52.6 Å². The molecule has 0 saturated carbocycles. The van der Waals surface area contributed by atoms with E-state index in [2.05, 4.69) is 0 Å². The standard InChI is InChI=1S/C15H14N2O6S/c1-23-10-6-11(15(19)20)16(7-10)14(18)13-5-8-4-9(17(21)22)2-3-12(8)24-13/h2-5,10-11H,6-7H2,1H3,(H,19,20). The normalized spacial score (nSPS) is 20.5. The van der Waals surface area contributed by atoms with Gasteiger partial charge < -0.3 is 14.7 Å². The summed E-state index contributed by atoms with van der Waals surface area (Å²) >= 11 is 1.19. The summed E-state index contributed by atoms with van der Waals surface area (Å²) < 4.78 is 5.91. The molecule has 9 heteroatoms. The zero-order valence-corrected chi connectivity index (χ0v) is 13.5. The van der Waals surface area contributed by atoms with E-state index in [4.69, 9.17) is 4.74 Å². The van der Waals surface area contributed by atoms with Crippen LogP contribution >= 0.6 is 11.3 Å². The Morgan fingerprint density at radius 1 is 1.42 bits per heavy atom. The molecule has 0 aliphatic carbocycles. The number of nitro groups is 1. The van der Waals surface area contributed by atoms with Gasteiger partial charge in [0.05, 0.1) is 15.9 Å². The van der Waals surface area contributed by atoms with Crippen molar-refractivity contribution in [3.63, 3.8) is 0 Å². The molecule has 24 heavy (non-hydrogen) atoms. The molecule has 1 N–H and O–H groups in total. The molecule has 0 radical (unpaired) electrons. The van der Waals surface area contributed by atoms with Crippen LogP contribution in [0.4, 0.5) is 5.69 Å². The molecule has 2 aromatic rings. The van der Waals surface area contributed by atoms with Gasteiger partial charge in [0.2, 0.25) is 0 Å². The van der Waals surface area contributed by atoms with E-state index in [0.717, 1.165) is 4.70 Å². The molecule has 1 amide bonds. The number of amides is 1. The number of likely N-dealkylation sites (tertiary alicyclic amines) is 1. The van der Waals surface area contributed by atoms with Crippen LogP contribution in [0.2, 0.25) is 0 Å². The van der Waals surface area contributed by atoms with E-state index in [9.17, 15) is 24.8 Å². The van der Waals surface area contributed by atoms with Crippen molar-refractivity contribution in [2.24, 2.45) is 0 Å². The maximum atomic E-state index is 12.7. The number of fused-ring (bicyclic) bond motifs is 1. The van der Waals surface area contributed by atoms with Crippen molar-refractivity contribution in [2.75, 3.05) is 13.7 Å². The van der Waals surface area contributed by atoms with Gasteiger partial charge in [0.15, 0.2) is 0 Å². The Morgan fingerprint density at radius 3 is 2.79 bits per heavy atom. The molecule has 0 spiro atoms. The molecule has 2 heterocycles. The quantitative estimate of drug-likeness (QED) is 0.668. The van der Waals surface area contributed by atoms with E-state index in [1.165, 1.54) is 35.5 Å². The maximum absolute atomic E-state index is 12.7. The summed E-state index contributed by atoms with van der Waals surface area (Å²) in [5.74, 6) is -1.47. The lowest BCUT2D eigenvalue weighted by molar-refractivity contribution is -0.384. The first-order chi connectivity index (χ1) is 11.4. The van der Waals surface area contributed by atoms with Crippen molar-refractivity contribution in [2.45, 2.75) is 18.6 Å². The van der Waals surface area contributed by atoms with Gasteiger partial charge in [-0.1, -0.05) is 0 Å². The Balaban J connectivity index is 1.93. The van der Waals surface area contributed by atoms with Crippen LogP contribution in [0.3, 0.4) is 0 Å². The van der Waals surface area contributed by atoms with Crippen LogP contribution in [0.5, 0.6) is 0 Å². The highest BCUT2D eigenvalue weighted by Crippen LogP contribution is 2.31. The minimum Gasteiger partial charge on any atom is -0.480 e. The van der Waals surface area contributed by atoms with Gasteiger partial charge in [-0.05, 0) is 12.1 Å². The number of carboxylic acids is 1. The molecule has 2 atom stereocenters. The number of carboxylic acid groups (broad SMARTS) is 1. The highest BCUT2D eigenvalue weighted by molar-refractivity contribution is 7.20. The first kappa shape index (κ1) is 16.3. The number of methoxy groups -OCH3 is 1. The Labute approximate surface area is 140 Å². The smallest absolute Gasteiger partial charge is 0.326 e. The topological polar surface area (TPSA) is 110 Å². The number of carbonyl (C=O) groups is 2. The minimum atomic E-state index is -1.07. The van der Waals surface area contributed by atoms with Crippen molar-refractivity contribution in [1.29, 1.82) is 0 Å². The molecule has 1 fully saturated rings. The van der Waals surface area contributed by atoms with E-state index in [1.54, 1.807) is 12.1 Å². The zero-order valence-electron chi connectivity index (χ0n) is 12.7. The third kappa shape index (κ3) is 2.83. The molecule has 8 nitrogen and oxygen atoms in total. The number of hydrogen-bond donors (Lipinski definition) is 1. The summed E-state index contributed by atoms with van der Waals surface area (Å²) in [6, 6.07) is 5.00. The number of non-ortho nitro benzene ring substituents is 1. The number of aliphatic carboxylic acids is 1. The van der Waals surface area contributed by atoms with Crippen LogP contribution < -0.4 is 0 Å². The second kappa shape index (κ2) is 6.17. The summed E-state index contributed by atoms with van der Waals surface area (Å²) in [6.45, 7) is 0.209. The van der Waals surface area contributed by atoms with Crippen molar-refractivity contribution in [3.05, 3.63) is 39.3 Å². The fourth-order valence-corrected chi connectivity index (χ4v) is 3.82. The fourth-order valence-electron chi connectivity index (χ4n) is 2.82. The van der Waals surface area contributed by atoms with Gasteiger partial charge in [0.25, 0.3) is 11.6 Å². The predicted octanol–water partition coefficient (Wildman–Crippen LogP) is 2.12. The van der Waals surface area contributed by atoms with E-state index in [-0.39, 0.29) is 24.8 Å². The molecular formula is C15H14N2O6S. The second-order valence-corrected chi connectivity index (χ2v) is 6.58. The lowest BCUT2D eigenvalue weighted by atomic mass is 10.2. The first-order valence-electron chi connectivity index (χ1n) is 7.15. The minimum absolute atomic E-state index is 0.0525. The average Bonchev–Trinajstić information content (AvgIpc) is 3.17. The molecule has 1 saturated heterocycles. The summed E-state index contributed by atoms with van der Waals surface area (Å²) in [5.41, 5.74) is -0.0525. The maximum Gasteiger partial charge on any atom is 0.326 e. The van der Waals surface area contributed by atoms with E-state index >= 15 is 0 Å². The van der Waals surface area contributed by atoms with Crippen LogP contribution in [0.1, 0.15) is 16.1 Å². The van der Waals surface area contributed by atoms with Gasteiger partial charge in [-0.15, -0.1) is 11.3 Å². The largest absolute Gasteiger partial charge is 0.480 e. The molecule has 1 aliphatic heterocycles. The van der Waals surface area contributed by atoms with Gasteiger partial charge >= 0.3 is 5.97 Å². The number of nitro benzene ring substituents is 1. The molecule has 1 aliphatic rings. The van der Waals surface area contributed by atoms with Crippen LogP contribution in [0, 0.1) is 10.1 Å².